The maximum absolute atomic E-state index is 14.3. The molecule has 0 aromatic heterocycles. The van der Waals surface area contributed by atoms with E-state index in [1.807, 2.05) is 28.9 Å². The Bertz CT molecular complexity index is 1230. The fraction of sp³-hybridized carbons (Fsp3) is 0. The van der Waals surface area contributed by atoms with Crippen molar-refractivity contribution in [2.45, 2.75) is 0 Å². The maximum atomic E-state index is 14.3. The van der Waals surface area contributed by atoms with Gasteiger partial charge >= 0.3 is 0 Å². The summed E-state index contributed by atoms with van der Waals surface area (Å²) in [5.74, 6) is -0.891. The van der Waals surface area contributed by atoms with Crippen LogP contribution in [0.4, 0.5) is 4.39 Å². The molecule has 6 heteroatoms. The van der Waals surface area contributed by atoms with E-state index in [2.05, 4.69) is 15.1 Å². The number of ketones is 1. The van der Waals surface area contributed by atoms with E-state index in [0.29, 0.717) is 16.3 Å². The number of hydrogen-bond acceptors (Lipinski definition) is 3. The number of aromatic nitrogens is 4. The van der Waals surface area contributed by atoms with Gasteiger partial charge in [0.1, 0.15) is 12.2 Å². The Balaban J connectivity index is 1.95. The van der Waals surface area contributed by atoms with Crippen LogP contribution in [0.2, 0.25) is 0 Å². The standard InChI is InChI=1S/C19H11FN4O/c20-16-7-13(25)3-4-14(16)15-5-6-17-18-11(8-22-19(15)18)1-2-12-9-21-10-23-24(12)17/h1-10H,(H,21,23)/b15-14-. The van der Waals surface area contributed by atoms with Gasteiger partial charge in [-0.2, -0.15) is 0 Å². The molecule has 1 aromatic rings. The van der Waals surface area contributed by atoms with Crippen molar-refractivity contribution >= 4 is 22.4 Å². The zero-order valence-electron chi connectivity index (χ0n) is 12.9. The Morgan fingerprint density at radius 3 is 2.88 bits per heavy atom. The normalized spacial score (nSPS) is 16.8. The smallest absolute Gasteiger partial charge is 0.181 e. The van der Waals surface area contributed by atoms with Gasteiger partial charge < -0.3 is 0 Å². The number of benzene rings is 1. The zero-order valence-corrected chi connectivity index (χ0v) is 12.9. The van der Waals surface area contributed by atoms with Gasteiger partial charge in [-0.05, 0) is 30.4 Å². The van der Waals surface area contributed by atoms with Crippen molar-refractivity contribution in [3.8, 4) is 16.8 Å². The largest absolute Gasteiger partial charge is 0.290 e. The molecule has 0 unspecified atom stereocenters. The van der Waals surface area contributed by atoms with Crippen LogP contribution in [-0.4, -0.2) is 25.5 Å². The molecule has 0 radical (unpaired) electrons. The lowest BCUT2D eigenvalue weighted by atomic mass is 10.0. The Morgan fingerprint density at radius 1 is 1.08 bits per heavy atom. The summed E-state index contributed by atoms with van der Waals surface area (Å²) in [6.07, 6.45) is 9.01. The van der Waals surface area contributed by atoms with Crippen molar-refractivity contribution in [3.05, 3.63) is 72.3 Å². The van der Waals surface area contributed by atoms with Crippen LogP contribution in [0.1, 0.15) is 0 Å². The lowest BCUT2D eigenvalue weighted by Gasteiger charge is -2.10. The summed E-state index contributed by atoms with van der Waals surface area (Å²) in [5, 5.41) is 3.77. The minimum atomic E-state index is -0.541. The first kappa shape index (κ1) is 13.9. The highest BCUT2D eigenvalue weighted by atomic mass is 19.1. The second-order valence-electron chi connectivity index (χ2n) is 5.84. The lowest BCUT2D eigenvalue weighted by Crippen LogP contribution is -2.12. The second-order valence-corrected chi connectivity index (χ2v) is 5.84. The highest BCUT2D eigenvalue weighted by Crippen LogP contribution is 2.32. The molecule has 1 aliphatic carbocycles. The molecule has 3 aliphatic heterocycles. The monoisotopic (exact) mass is 330 g/mol. The number of halogens is 1. The fourth-order valence-electron chi connectivity index (χ4n) is 3.28. The van der Waals surface area contributed by atoms with Crippen LogP contribution in [-0.2, 0) is 4.79 Å². The molecule has 1 aromatic carbocycles. The minimum absolute atomic E-state index is 0.349. The van der Waals surface area contributed by atoms with Crippen LogP contribution >= 0.6 is 0 Å². The SMILES string of the molecule is O=C1C=C/C(=c2\ccc3c4c2ncc-4ccc2cnc[nH]n3-2)C(F)=C1. The Hall–Kier alpha value is -3.54. The number of fused-ring (bicyclic) bond motifs is 2. The third-order valence-corrected chi connectivity index (χ3v) is 4.41. The topological polar surface area (TPSA) is 63.6 Å². The van der Waals surface area contributed by atoms with E-state index in [4.69, 9.17) is 0 Å². The predicted octanol–water partition coefficient (Wildman–Crippen LogP) is 2.72. The number of nitrogens with one attached hydrogen (secondary N) is 1. The Labute approximate surface area is 141 Å². The second kappa shape index (κ2) is 4.98. The molecule has 3 heterocycles. The van der Waals surface area contributed by atoms with Gasteiger partial charge in [0.15, 0.2) is 5.78 Å². The van der Waals surface area contributed by atoms with Crippen molar-refractivity contribution in [1.82, 2.24) is 19.7 Å². The number of H-pyrrole nitrogens is 1. The van der Waals surface area contributed by atoms with Crippen LogP contribution in [0, 0.1) is 0 Å². The molecule has 5 nitrogen and oxygen atoms in total. The molecule has 0 atom stereocenters. The Kier molecular flexibility index (Phi) is 2.76. The van der Waals surface area contributed by atoms with Crippen LogP contribution in [0.25, 0.3) is 33.4 Å². The third-order valence-electron chi connectivity index (χ3n) is 4.41. The Morgan fingerprint density at radius 2 is 2.00 bits per heavy atom. The molecular weight excluding hydrogens is 319 g/mol. The molecule has 5 rings (SSSR count). The first-order chi connectivity index (χ1) is 12.2. The number of aromatic amines is 1. The molecule has 25 heavy (non-hydrogen) atoms. The number of nitrogens with zero attached hydrogens (tertiary/aromatic N) is 3. The van der Waals surface area contributed by atoms with Crippen molar-refractivity contribution in [3.63, 3.8) is 0 Å². The molecule has 0 bridgehead atoms. The summed E-state index contributed by atoms with van der Waals surface area (Å²) in [6, 6.07) is 7.66. The number of carbonyl (C=O) groups excluding carboxylic acids is 1. The fourth-order valence-corrected chi connectivity index (χ4v) is 3.28. The molecule has 0 saturated heterocycles. The van der Waals surface area contributed by atoms with Crippen molar-refractivity contribution in [2.75, 3.05) is 0 Å². The van der Waals surface area contributed by atoms with Gasteiger partial charge in [0.25, 0.3) is 0 Å². The number of rotatable bonds is 0. The van der Waals surface area contributed by atoms with Crippen molar-refractivity contribution in [1.29, 1.82) is 0 Å². The summed E-state index contributed by atoms with van der Waals surface area (Å²) in [7, 11) is 0. The summed E-state index contributed by atoms with van der Waals surface area (Å²) < 4.78 is 16.2. The number of carbonyl (C=O) groups is 1. The van der Waals surface area contributed by atoms with Crippen LogP contribution in [0.5, 0.6) is 0 Å². The number of allylic oxidation sites excluding steroid dienone is 4. The van der Waals surface area contributed by atoms with Crippen molar-refractivity contribution < 1.29 is 9.18 Å². The summed E-state index contributed by atoms with van der Waals surface area (Å²) >= 11 is 0. The highest BCUT2D eigenvalue weighted by molar-refractivity contribution is 6.06. The summed E-state index contributed by atoms with van der Waals surface area (Å²) in [6.45, 7) is 0. The van der Waals surface area contributed by atoms with Crippen LogP contribution in [0.15, 0.2) is 67.0 Å². The average Bonchev–Trinajstić information content (AvgIpc) is 2.97. The van der Waals surface area contributed by atoms with Gasteiger partial charge in [-0.3, -0.25) is 19.6 Å². The zero-order chi connectivity index (χ0) is 17.0. The summed E-state index contributed by atoms with van der Waals surface area (Å²) in [5.41, 5.74) is 4.74. The van der Waals surface area contributed by atoms with Gasteiger partial charge in [-0.25, -0.2) is 9.37 Å². The molecule has 120 valence electrons. The maximum Gasteiger partial charge on any atom is 0.181 e. The van der Waals surface area contributed by atoms with Gasteiger partial charge in [-0.15, -0.1) is 0 Å². The van der Waals surface area contributed by atoms with E-state index in [0.717, 1.165) is 28.4 Å². The van der Waals surface area contributed by atoms with Gasteiger partial charge in [0, 0.05) is 34.2 Å². The molecule has 0 saturated carbocycles. The van der Waals surface area contributed by atoms with E-state index < -0.39 is 5.83 Å². The molecule has 0 fully saturated rings. The van der Waals surface area contributed by atoms with Crippen LogP contribution in [0.3, 0.4) is 0 Å². The predicted molar refractivity (Wildman–Crippen MR) is 91.8 cm³/mol. The summed E-state index contributed by atoms with van der Waals surface area (Å²) in [4.78, 5) is 20.0. The first-order valence-electron chi connectivity index (χ1n) is 7.74. The van der Waals surface area contributed by atoms with Crippen LogP contribution < -0.4 is 5.22 Å². The van der Waals surface area contributed by atoms with E-state index >= 15 is 0 Å². The molecular formula is C19H11FN4O. The average molecular weight is 330 g/mol. The van der Waals surface area contributed by atoms with E-state index in [9.17, 15) is 9.18 Å². The molecule has 1 N–H and O–H groups in total. The number of hydrogen-bond donors (Lipinski definition) is 1. The van der Waals surface area contributed by atoms with Gasteiger partial charge in [0.05, 0.1) is 22.9 Å². The van der Waals surface area contributed by atoms with E-state index in [1.165, 1.54) is 12.2 Å². The highest BCUT2D eigenvalue weighted by Gasteiger charge is 2.18. The lowest BCUT2D eigenvalue weighted by molar-refractivity contribution is -0.110. The van der Waals surface area contributed by atoms with Gasteiger partial charge in [-0.1, -0.05) is 6.07 Å². The quantitative estimate of drug-likeness (QED) is 0.539. The van der Waals surface area contributed by atoms with E-state index in [1.54, 1.807) is 18.7 Å². The van der Waals surface area contributed by atoms with E-state index in [-0.39, 0.29) is 5.78 Å². The molecule has 4 aliphatic rings. The third kappa shape index (κ3) is 1.97. The van der Waals surface area contributed by atoms with Crippen molar-refractivity contribution in [2.24, 2.45) is 0 Å². The first-order valence-corrected chi connectivity index (χ1v) is 7.74. The minimum Gasteiger partial charge on any atom is -0.290 e. The molecule has 0 spiro atoms. The molecule has 0 amide bonds. The van der Waals surface area contributed by atoms with Gasteiger partial charge in [0.2, 0.25) is 0 Å².